The van der Waals surface area contributed by atoms with E-state index in [0.29, 0.717) is 30.7 Å². The van der Waals surface area contributed by atoms with Gasteiger partial charge in [0.15, 0.2) is 0 Å². The summed E-state index contributed by atoms with van der Waals surface area (Å²) in [5, 5.41) is 4.11. The van der Waals surface area contributed by atoms with E-state index in [9.17, 15) is 8.78 Å². The average molecular weight is 281 g/mol. The molecule has 1 rings (SSSR count). The van der Waals surface area contributed by atoms with Gasteiger partial charge in [-0.1, -0.05) is 13.8 Å². The molecule has 0 saturated carbocycles. The summed E-state index contributed by atoms with van der Waals surface area (Å²) in [5.41, 5.74) is 0. The van der Waals surface area contributed by atoms with Gasteiger partial charge in [0.25, 0.3) is 6.43 Å². The van der Waals surface area contributed by atoms with Crippen molar-refractivity contribution in [2.75, 3.05) is 19.0 Å². The molecule has 104 valence electrons. The van der Waals surface area contributed by atoms with Gasteiger partial charge >= 0.3 is 0 Å². The second-order valence-corrected chi connectivity index (χ2v) is 4.95. The fraction of sp³-hybridized carbons (Fsp3) is 0.818. The molecule has 0 fully saturated rings. The standard InChI is InChI=1S/C11H19ClF2N4/c1-9(2)5-18-11(15-8-16-18)7-17(4-3-12)6-10(13)14/h8-10H,3-7H2,1-2H3. The number of hydrogen-bond donors (Lipinski definition) is 0. The molecule has 1 aromatic heterocycles. The fourth-order valence-corrected chi connectivity index (χ4v) is 1.90. The molecule has 1 aromatic rings. The molecule has 0 atom stereocenters. The van der Waals surface area contributed by atoms with Crippen LogP contribution in [-0.4, -0.2) is 45.1 Å². The first-order valence-electron chi connectivity index (χ1n) is 5.96. The molecule has 4 nitrogen and oxygen atoms in total. The lowest BCUT2D eigenvalue weighted by molar-refractivity contribution is 0.0857. The van der Waals surface area contributed by atoms with Crippen LogP contribution < -0.4 is 0 Å². The zero-order valence-electron chi connectivity index (χ0n) is 10.7. The van der Waals surface area contributed by atoms with Crippen LogP contribution in [0.25, 0.3) is 0 Å². The van der Waals surface area contributed by atoms with Gasteiger partial charge in [-0.25, -0.2) is 18.4 Å². The summed E-state index contributed by atoms with van der Waals surface area (Å²) in [7, 11) is 0. The van der Waals surface area contributed by atoms with E-state index in [1.54, 1.807) is 9.58 Å². The smallest absolute Gasteiger partial charge is 0.251 e. The molecule has 0 aromatic carbocycles. The highest BCUT2D eigenvalue weighted by Gasteiger charge is 2.15. The summed E-state index contributed by atoms with van der Waals surface area (Å²) >= 11 is 5.61. The molecule has 0 spiro atoms. The van der Waals surface area contributed by atoms with Gasteiger partial charge in [0, 0.05) is 19.0 Å². The first-order valence-corrected chi connectivity index (χ1v) is 6.49. The molecule has 0 N–H and O–H groups in total. The highest BCUT2D eigenvalue weighted by Crippen LogP contribution is 2.07. The maximum Gasteiger partial charge on any atom is 0.251 e. The minimum Gasteiger partial charge on any atom is -0.289 e. The maximum atomic E-state index is 12.4. The highest BCUT2D eigenvalue weighted by atomic mass is 35.5. The molecule has 7 heteroatoms. The third kappa shape index (κ3) is 5.27. The van der Waals surface area contributed by atoms with Crippen LogP contribution in [0, 0.1) is 5.92 Å². The monoisotopic (exact) mass is 280 g/mol. The van der Waals surface area contributed by atoms with E-state index in [1.165, 1.54) is 6.33 Å². The van der Waals surface area contributed by atoms with Gasteiger partial charge in [-0.2, -0.15) is 5.10 Å². The highest BCUT2D eigenvalue weighted by molar-refractivity contribution is 6.18. The van der Waals surface area contributed by atoms with Crippen molar-refractivity contribution in [2.24, 2.45) is 5.92 Å². The lowest BCUT2D eigenvalue weighted by Crippen LogP contribution is -2.31. The number of nitrogens with zero attached hydrogens (tertiary/aromatic N) is 4. The van der Waals surface area contributed by atoms with Gasteiger partial charge in [-0.15, -0.1) is 11.6 Å². The molecule has 0 aliphatic carbocycles. The Hall–Kier alpha value is -0.750. The molecule has 18 heavy (non-hydrogen) atoms. The largest absolute Gasteiger partial charge is 0.289 e. The molecule has 0 amide bonds. The Morgan fingerprint density at radius 1 is 1.44 bits per heavy atom. The third-order valence-electron chi connectivity index (χ3n) is 2.40. The van der Waals surface area contributed by atoms with Crippen molar-refractivity contribution < 1.29 is 8.78 Å². The summed E-state index contributed by atoms with van der Waals surface area (Å²) in [4.78, 5) is 5.72. The van der Waals surface area contributed by atoms with Gasteiger partial charge < -0.3 is 0 Å². The van der Waals surface area contributed by atoms with E-state index in [0.717, 1.165) is 6.54 Å². The van der Waals surface area contributed by atoms with Gasteiger partial charge in [0.2, 0.25) is 0 Å². The van der Waals surface area contributed by atoms with Crippen LogP contribution in [0.1, 0.15) is 19.7 Å². The average Bonchev–Trinajstić information content (AvgIpc) is 2.64. The van der Waals surface area contributed by atoms with Crippen molar-refractivity contribution in [3.05, 3.63) is 12.2 Å². The number of halogens is 3. The quantitative estimate of drug-likeness (QED) is 0.685. The van der Waals surface area contributed by atoms with Crippen LogP contribution in [0.15, 0.2) is 6.33 Å². The van der Waals surface area contributed by atoms with E-state index in [2.05, 4.69) is 23.9 Å². The van der Waals surface area contributed by atoms with Crippen molar-refractivity contribution in [2.45, 2.75) is 33.4 Å². The van der Waals surface area contributed by atoms with E-state index in [4.69, 9.17) is 11.6 Å². The summed E-state index contributed by atoms with van der Waals surface area (Å²) < 4.78 is 26.6. The summed E-state index contributed by atoms with van der Waals surface area (Å²) in [6.45, 7) is 5.35. The lowest BCUT2D eigenvalue weighted by Gasteiger charge is -2.20. The van der Waals surface area contributed by atoms with E-state index >= 15 is 0 Å². The number of hydrogen-bond acceptors (Lipinski definition) is 3. The van der Waals surface area contributed by atoms with Crippen molar-refractivity contribution in [1.29, 1.82) is 0 Å². The molecule has 0 aliphatic rings. The molecule has 0 saturated heterocycles. The number of alkyl halides is 3. The van der Waals surface area contributed by atoms with Crippen LogP contribution in [0.3, 0.4) is 0 Å². The summed E-state index contributed by atoms with van der Waals surface area (Å²) in [6, 6.07) is 0. The second-order valence-electron chi connectivity index (χ2n) is 4.57. The normalized spacial score (nSPS) is 12.0. The van der Waals surface area contributed by atoms with Crippen LogP contribution in [0.5, 0.6) is 0 Å². The maximum absolute atomic E-state index is 12.4. The number of aromatic nitrogens is 3. The van der Waals surface area contributed by atoms with E-state index < -0.39 is 6.43 Å². The van der Waals surface area contributed by atoms with Crippen molar-refractivity contribution >= 4 is 11.6 Å². The Morgan fingerprint density at radius 2 is 2.17 bits per heavy atom. The molecule has 0 radical (unpaired) electrons. The predicted molar refractivity (Wildman–Crippen MR) is 66.9 cm³/mol. The molecule has 0 aliphatic heterocycles. The Labute approximate surface area is 111 Å². The van der Waals surface area contributed by atoms with Gasteiger partial charge in [-0.3, -0.25) is 4.90 Å². The Morgan fingerprint density at radius 3 is 2.72 bits per heavy atom. The summed E-state index contributed by atoms with van der Waals surface area (Å²) in [5.74, 6) is 1.46. The minimum atomic E-state index is -2.37. The molecular formula is C11H19ClF2N4. The van der Waals surface area contributed by atoms with Crippen LogP contribution >= 0.6 is 11.6 Å². The zero-order chi connectivity index (χ0) is 13.5. The molecule has 0 bridgehead atoms. The predicted octanol–water partition coefficient (Wildman–Crippen LogP) is 2.24. The Bertz CT molecular complexity index is 344. The van der Waals surface area contributed by atoms with Crippen LogP contribution in [-0.2, 0) is 13.1 Å². The first-order chi connectivity index (χ1) is 8.52. The first kappa shape index (κ1) is 15.3. The number of rotatable bonds is 8. The van der Waals surface area contributed by atoms with Crippen molar-refractivity contribution in [3.8, 4) is 0 Å². The van der Waals surface area contributed by atoms with Gasteiger partial charge in [0.05, 0.1) is 13.1 Å². The van der Waals surface area contributed by atoms with Crippen LogP contribution in [0.4, 0.5) is 8.78 Å². The van der Waals surface area contributed by atoms with Crippen LogP contribution in [0.2, 0.25) is 0 Å². The minimum absolute atomic E-state index is 0.290. The summed E-state index contributed by atoms with van der Waals surface area (Å²) in [6.07, 6.45) is -0.909. The molecule has 1 heterocycles. The second kappa shape index (κ2) is 7.63. The topological polar surface area (TPSA) is 34.0 Å². The fourth-order valence-electron chi connectivity index (χ4n) is 1.66. The van der Waals surface area contributed by atoms with Crippen molar-refractivity contribution in [1.82, 2.24) is 19.7 Å². The third-order valence-corrected chi connectivity index (χ3v) is 2.56. The lowest BCUT2D eigenvalue weighted by atomic mass is 10.2. The Balaban J connectivity index is 2.64. The Kier molecular flexibility index (Phi) is 6.49. The van der Waals surface area contributed by atoms with E-state index in [1.807, 2.05) is 0 Å². The van der Waals surface area contributed by atoms with Gasteiger partial charge in [0.1, 0.15) is 12.2 Å². The van der Waals surface area contributed by atoms with Gasteiger partial charge in [-0.05, 0) is 5.92 Å². The molecule has 0 unspecified atom stereocenters. The van der Waals surface area contributed by atoms with Crippen molar-refractivity contribution in [3.63, 3.8) is 0 Å². The SMILES string of the molecule is CC(C)Cn1ncnc1CN(CCCl)CC(F)F. The van der Waals surface area contributed by atoms with E-state index in [-0.39, 0.29) is 6.54 Å². The molecular weight excluding hydrogens is 262 g/mol. The zero-order valence-corrected chi connectivity index (χ0v) is 11.4.